The maximum Gasteiger partial charge on any atom is 0.0466 e. The molecule has 1 aromatic carbocycles. The smallest absolute Gasteiger partial charge is 0.0466 e. The van der Waals surface area contributed by atoms with Crippen molar-refractivity contribution >= 4 is 0 Å². The van der Waals surface area contributed by atoms with Crippen molar-refractivity contribution in [1.82, 2.24) is 10.2 Å². The first-order chi connectivity index (χ1) is 9.65. The Morgan fingerprint density at radius 3 is 2.35 bits per heavy atom. The number of rotatable bonds is 10. The predicted octanol–water partition coefficient (Wildman–Crippen LogP) is 4.24. The van der Waals surface area contributed by atoms with Crippen LogP contribution in [-0.4, -0.2) is 31.6 Å². The lowest BCUT2D eigenvalue weighted by Crippen LogP contribution is -2.35. The predicted molar refractivity (Wildman–Crippen MR) is 89.1 cm³/mol. The van der Waals surface area contributed by atoms with E-state index in [-0.39, 0.29) is 0 Å². The number of hydrogen-bond donors (Lipinski definition) is 1. The number of unbranched alkanes of at least 4 members (excludes halogenated alkanes) is 3. The van der Waals surface area contributed by atoms with Gasteiger partial charge in [0.2, 0.25) is 0 Å². The van der Waals surface area contributed by atoms with Crippen LogP contribution in [0.25, 0.3) is 0 Å². The Bertz CT molecular complexity index is 335. The van der Waals surface area contributed by atoms with Gasteiger partial charge in [0, 0.05) is 18.6 Å². The molecule has 0 amide bonds. The molecule has 2 nitrogen and oxygen atoms in total. The number of benzene rings is 1. The van der Waals surface area contributed by atoms with Gasteiger partial charge in [-0.25, -0.2) is 0 Å². The summed E-state index contributed by atoms with van der Waals surface area (Å²) < 4.78 is 0. The van der Waals surface area contributed by atoms with Crippen molar-refractivity contribution in [3.8, 4) is 0 Å². The van der Waals surface area contributed by atoms with Crippen LogP contribution in [0.3, 0.4) is 0 Å². The minimum absolute atomic E-state index is 0.453. The van der Waals surface area contributed by atoms with E-state index in [4.69, 9.17) is 0 Å². The molecule has 20 heavy (non-hydrogen) atoms. The second-order valence-corrected chi connectivity index (χ2v) is 6.05. The lowest BCUT2D eigenvalue weighted by molar-refractivity contribution is 0.278. The Labute approximate surface area is 125 Å². The van der Waals surface area contributed by atoms with E-state index in [0.717, 1.165) is 6.54 Å². The average molecular weight is 276 g/mol. The van der Waals surface area contributed by atoms with E-state index in [9.17, 15) is 0 Å². The van der Waals surface area contributed by atoms with Crippen LogP contribution in [0.15, 0.2) is 30.3 Å². The van der Waals surface area contributed by atoms with Crippen LogP contribution in [-0.2, 0) is 0 Å². The van der Waals surface area contributed by atoms with Crippen molar-refractivity contribution < 1.29 is 0 Å². The third kappa shape index (κ3) is 6.53. The van der Waals surface area contributed by atoms with E-state index >= 15 is 0 Å². The molecule has 0 aromatic heterocycles. The van der Waals surface area contributed by atoms with Crippen LogP contribution >= 0.6 is 0 Å². The topological polar surface area (TPSA) is 15.3 Å². The average Bonchev–Trinajstić information content (AvgIpc) is 2.44. The van der Waals surface area contributed by atoms with Gasteiger partial charge in [0.05, 0.1) is 0 Å². The van der Waals surface area contributed by atoms with Gasteiger partial charge in [0.25, 0.3) is 0 Å². The van der Waals surface area contributed by atoms with Crippen molar-refractivity contribution in [3.05, 3.63) is 35.9 Å². The molecule has 0 bridgehead atoms. The molecule has 2 atom stereocenters. The molecule has 1 N–H and O–H groups in total. The largest absolute Gasteiger partial charge is 0.312 e. The van der Waals surface area contributed by atoms with Gasteiger partial charge >= 0.3 is 0 Å². The fourth-order valence-electron chi connectivity index (χ4n) is 2.57. The van der Waals surface area contributed by atoms with Crippen LogP contribution in [0.5, 0.6) is 0 Å². The Balaban J connectivity index is 2.36. The lowest BCUT2D eigenvalue weighted by Gasteiger charge is -2.27. The quantitative estimate of drug-likeness (QED) is 0.643. The first kappa shape index (κ1) is 17.2. The summed E-state index contributed by atoms with van der Waals surface area (Å²) in [5.74, 6) is 0. The summed E-state index contributed by atoms with van der Waals surface area (Å²) >= 11 is 0. The van der Waals surface area contributed by atoms with Gasteiger partial charge < -0.3 is 10.2 Å². The highest BCUT2D eigenvalue weighted by atomic mass is 15.1. The fourth-order valence-corrected chi connectivity index (χ4v) is 2.57. The minimum Gasteiger partial charge on any atom is -0.312 e. The van der Waals surface area contributed by atoms with Crippen molar-refractivity contribution in [1.29, 1.82) is 0 Å². The van der Waals surface area contributed by atoms with E-state index < -0.39 is 0 Å². The SMILES string of the molecule is CCCCCCC(C)NCC(c1ccccc1)N(C)C. The van der Waals surface area contributed by atoms with Gasteiger partial charge in [-0.3, -0.25) is 0 Å². The molecule has 1 rings (SSSR count). The Kier molecular flexibility index (Phi) is 8.56. The van der Waals surface area contributed by atoms with Crippen molar-refractivity contribution in [2.75, 3.05) is 20.6 Å². The number of nitrogens with zero attached hydrogens (tertiary/aromatic N) is 1. The van der Waals surface area contributed by atoms with E-state index in [0.29, 0.717) is 12.1 Å². The first-order valence-electron chi connectivity index (χ1n) is 8.10. The highest BCUT2D eigenvalue weighted by Crippen LogP contribution is 2.17. The van der Waals surface area contributed by atoms with Gasteiger partial charge in [-0.05, 0) is 33.0 Å². The zero-order chi connectivity index (χ0) is 14.8. The molecule has 0 saturated heterocycles. The summed E-state index contributed by atoms with van der Waals surface area (Å²) in [6.07, 6.45) is 6.70. The van der Waals surface area contributed by atoms with Crippen molar-refractivity contribution in [3.63, 3.8) is 0 Å². The number of likely N-dealkylation sites (N-methyl/N-ethyl adjacent to an activating group) is 1. The zero-order valence-electron chi connectivity index (χ0n) is 13.7. The maximum atomic E-state index is 3.70. The summed E-state index contributed by atoms with van der Waals surface area (Å²) in [7, 11) is 4.32. The molecule has 0 radical (unpaired) electrons. The van der Waals surface area contributed by atoms with E-state index in [2.05, 4.69) is 68.5 Å². The van der Waals surface area contributed by atoms with E-state index in [1.807, 2.05) is 0 Å². The Morgan fingerprint density at radius 1 is 1.05 bits per heavy atom. The Hall–Kier alpha value is -0.860. The zero-order valence-corrected chi connectivity index (χ0v) is 13.7. The summed E-state index contributed by atoms with van der Waals surface area (Å²) in [5, 5.41) is 3.70. The lowest BCUT2D eigenvalue weighted by atomic mass is 10.0. The van der Waals surface area contributed by atoms with Gasteiger partial charge in [0.15, 0.2) is 0 Å². The van der Waals surface area contributed by atoms with E-state index in [1.165, 1.54) is 37.7 Å². The molecule has 0 aliphatic carbocycles. The molecule has 0 fully saturated rings. The highest BCUT2D eigenvalue weighted by molar-refractivity contribution is 5.19. The van der Waals surface area contributed by atoms with Crippen molar-refractivity contribution in [2.45, 2.75) is 58.0 Å². The van der Waals surface area contributed by atoms with Crippen LogP contribution in [0.1, 0.15) is 57.6 Å². The van der Waals surface area contributed by atoms with Gasteiger partial charge in [0.1, 0.15) is 0 Å². The summed E-state index contributed by atoms with van der Waals surface area (Å²) in [6.45, 7) is 5.60. The fraction of sp³-hybridized carbons (Fsp3) is 0.667. The molecule has 0 aliphatic heterocycles. The third-order valence-corrected chi connectivity index (χ3v) is 3.96. The van der Waals surface area contributed by atoms with Gasteiger partial charge in [-0.1, -0.05) is 62.9 Å². The number of nitrogens with one attached hydrogen (secondary N) is 1. The molecule has 0 aliphatic rings. The normalized spacial score (nSPS) is 14.4. The third-order valence-electron chi connectivity index (χ3n) is 3.96. The van der Waals surface area contributed by atoms with Crippen LogP contribution in [0.2, 0.25) is 0 Å². The van der Waals surface area contributed by atoms with Gasteiger partial charge in [-0.2, -0.15) is 0 Å². The molecule has 1 aromatic rings. The van der Waals surface area contributed by atoms with Crippen LogP contribution in [0.4, 0.5) is 0 Å². The highest BCUT2D eigenvalue weighted by Gasteiger charge is 2.14. The minimum atomic E-state index is 0.453. The van der Waals surface area contributed by atoms with Crippen LogP contribution < -0.4 is 5.32 Å². The standard InChI is InChI=1S/C18H32N2/c1-5-6-7-9-12-16(2)19-15-18(20(3)4)17-13-10-8-11-14-17/h8,10-11,13-14,16,18-19H,5-7,9,12,15H2,1-4H3. The summed E-state index contributed by atoms with van der Waals surface area (Å²) in [4.78, 5) is 2.30. The molecule has 0 saturated carbocycles. The monoisotopic (exact) mass is 276 g/mol. The molecule has 2 heteroatoms. The summed E-state index contributed by atoms with van der Waals surface area (Å²) in [6, 6.07) is 11.8. The second-order valence-electron chi connectivity index (χ2n) is 6.05. The molecular formula is C18H32N2. The maximum absolute atomic E-state index is 3.70. The second kappa shape index (κ2) is 9.95. The number of hydrogen-bond acceptors (Lipinski definition) is 2. The molecule has 0 spiro atoms. The van der Waals surface area contributed by atoms with Crippen LogP contribution in [0, 0.1) is 0 Å². The molecule has 114 valence electrons. The molecular weight excluding hydrogens is 244 g/mol. The molecule has 0 heterocycles. The van der Waals surface area contributed by atoms with E-state index in [1.54, 1.807) is 0 Å². The molecule has 2 unspecified atom stereocenters. The van der Waals surface area contributed by atoms with Gasteiger partial charge in [-0.15, -0.1) is 0 Å². The van der Waals surface area contributed by atoms with Crippen molar-refractivity contribution in [2.24, 2.45) is 0 Å². The summed E-state index contributed by atoms with van der Waals surface area (Å²) in [5.41, 5.74) is 1.39. The Morgan fingerprint density at radius 2 is 1.75 bits per heavy atom. The first-order valence-corrected chi connectivity index (χ1v) is 8.10.